The summed E-state index contributed by atoms with van der Waals surface area (Å²) >= 11 is 0. The summed E-state index contributed by atoms with van der Waals surface area (Å²) in [5.41, 5.74) is 4.96. The predicted molar refractivity (Wildman–Crippen MR) is 145 cm³/mol. The number of unbranched alkanes of at least 4 members (excludes halogenated alkanes) is 4. The highest BCUT2D eigenvalue weighted by molar-refractivity contribution is 5.70. The number of rotatable bonds is 19. The van der Waals surface area contributed by atoms with E-state index in [1.807, 2.05) is 0 Å². The fourth-order valence-corrected chi connectivity index (χ4v) is 4.11. The fourth-order valence-electron chi connectivity index (χ4n) is 4.11. The van der Waals surface area contributed by atoms with E-state index in [2.05, 4.69) is 86.3 Å². The molecule has 2 aromatic carbocycles. The molecule has 0 heterocycles. The molecule has 0 radical (unpaired) electrons. The number of likely N-dealkylation sites (N-methyl/N-ethyl adjacent to an activating group) is 2. The molecule has 4 nitrogen and oxygen atoms in total. The molecule has 0 saturated heterocycles. The Bertz CT molecular complexity index is 714. The van der Waals surface area contributed by atoms with E-state index in [1.165, 1.54) is 60.8 Å². The second-order valence-electron chi connectivity index (χ2n) is 9.44. The lowest BCUT2D eigenvalue weighted by atomic mass is 9.96. The Morgan fingerprint density at radius 2 is 0.971 bits per heavy atom. The lowest BCUT2D eigenvalue weighted by Crippen LogP contribution is -2.24. The van der Waals surface area contributed by atoms with Crippen molar-refractivity contribution in [2.75, 3.05) is 53.5 Å². The SMILES string of the molecule is CCCCCN(C)CCOCc1ccccc1-c1ccccc1COCCN(C)CCCCC. The average molecular weight is 469 g/mol. The lowest BCUT2D eigenvalue weighted by molar-refractivity contribution is 0.0986. The van der Waals surface area contributed by atoms with Gasteiger partial charge in [0.05, 0.1) is 26.4 Å². The second kappa shape index (κ2) is 17.7. The predicted octanol–water partition coefficient (Wildman–Crippen LogP) is 6.63. The molecule has 2 aromatic rings. The summed E-state index contributed by atoms with van der Waals surface area (Å²) in [4.78, 5) is 4.74. The van der Waals surface area contributed by atoms with Crippen molar-refractivity contribution < 1.29 is 9.47 Å². The van der Waals surface area contributed by atoms with Crippen LogP contribution >= 0.6 is 0 Å². The Hall–Kier alpha value is -1.72. The Kier molecular flexibility index (Phi) is 14.8. The molecule has 190 valence electrons. The topological polar surface area (TPSA) is 24.9 Å². The van der Waals surface area contributed by atoms with Crippen molar-refractivity contribution in [2.45, 2.75) is 65.6 Å². The molecule has 0 N–H and O–H groups in total. The maximum Gasteiger partial charge on any atom is 0.0723 e. The largest absolute Gasteiger partial charge is 0.375 e. The summed E-state index contributed by atoms with van der Waals surface area (Å²) in [6.45, 7) is 11.5. The summed E-state index contributed by atoms with van der Waals surface area (Å²) in [6, 6.07) is 17.2. The molecule has 2 rings (SSSR count). The highest BCUT2D eigenvalue weighted by atomic mass is 16.5. The minimum absolute atomic E-state index is 0.636. The number of hydrogen-bond donors (Lipinski definition) is 0. The van der Waals surface area contributed by atoms with Crippen molar-refractivity contribution in [1.82, 2.24) is 9.80 Å². The Morgan fingerprint density at radius 1 is 0.559 bits per heavy atom. The van der Waals surface area contributed by atoms with Gasteiger partial charge in [0.15, 0.2) is 0 Å². The highest BCUT2D eigenvalue weighted by Gasteiger charge is 2.10. The minimum Gasteiger partial charge on any atom is -0.375 e. The van der Waals surface area contributed by atoms with Crippen LogP contribution in [0.25, 0.3) is 11.1 Å². The van der Waals surface area contributed by atoms with Gasteiger partial charge in [-0.1, -0.05) is 88.1 Å². The molecule has 0 saturated carbocycles. The van der Waals surface area contributed by atoms with Gasteiger partial charge in [-0.15, -0.1) is 0 Å². The normalized spacial score (nSPS) is 11.6. The van der Waals surface area contributed by atoms with E-state index in [4.69, 9.17) is 9.47 Å². The first-order valence-corrected chi connectivity index (χ1v) is 13.3. The van der Waals surface area contributed by atoms with E-state index < -0.39 is 0 Å². The Balaban J connectivity index is 1.86. The van der Waals surface area contributed by atoms with Crippen molar-refractivity contribution in [1.29, 1.82) is 0 Å². The summed E-state index contributed by atoms with van der Waals surface area (Å²) in [5, 5.41) is 0. The zero-order valence-electron chi connectivity index (χ0n) is 22.2. The smallest absolute Gasteiger partial charge is 0.0723 e. The third kappa shape index (κ3) is 11.1. The number of ether oxygens (including phenoxy) is 2. The second-order valence-corrected chi connectivity index (χ2v) is 9.44. The van der Waals surface area contributed by atoms with Crippen LogP contribution in [0.4, 0.5) is 0 Å². The maximum absolute atomic E-state index is 6.09. The highest BCUT2D eigenvalue weighted by Crippen LogP contribution is 2.28. The number of nitrogens with zero attached hydrogens (tertiary/aromatic N) is 2. The first-order valence-electron chi connectivity index (χ1n) is 13.3. The van der Waals surface area contributed by atoms with Gasteiger partial charge in [0.1, 0.15) is 0 Å². The Labute approximate surface area is 209 Å². The van der Waals surface area contributed by atoms with Crippen LogP contribution in [0.1, 0.15) is 63.5 Å². The molecule has 0 spiro atoms. The van der Waals surface area contributed by atoms with Gasteiger partial charge in [0, 0.05) is 13.1 Å². The first-order chi connectivity index (χ1) is 16.7. The molecular formula is C30H48N2O2. The Morgan fingerprint density at radius 3 is 1.38 bits per heavy atom. The van der Waals surface area contributed by atoms with Gasteiger partial charge in [-0.2, -0.15) is 0 Å². The van der Waals surface area contributed by atoms with Gasteiger partial charge >= 0.3 is 0 Å². The van der Waals surface area contributed by atoms with Gasteiger partial charge < -0.3 is 19.3 Å². The van der Waals surface area contributed by atoms with Crippen LogP contribution in [0.5, 0.6) is 0 Å². The van der Waals surface area contributed by atoms with Gasteiger partial charge in [0.25, 0.3) is 0 Å². The van der Waals surface area contributed by atoms with Gasteiger partial charge in [-0.3, -0.25) is 0 Å². The van der Waals surface area contributed by atoms with Gasteiger partial charge in [-0.25, -0.2) is 0 Å². The van der Waals surface area contributed by atoms with Crippen LogP contribution in [-0.4, -0.2) is 63.3 Å². The van der Waals surface area contributed by atoms with E-state index in [9.17, 15) is 0 Å². The summed E-state index contributed by atoms with van der Waals surface area (Å²) in [7, 11) is 4.37. The first kappa shape index (κ1) is 28.5. The standard InChI is InChI=1S/C30H48N2O2/c1-5-7-13-19-31(3)21-23-33-25-27-15-9-11-17-29(27)30-18-12-10-16-28(30)26-34-24-22-32(4)20-14-8-6-2/h9-12,15-18H,5-8,13-14,19-26H2,1-4H3. The molecule has 0 aliphatic carbocycles. The molecule has 0 unspecified atom stereocenters. The summed E-state index contributed by atoms with van der Waals surface area (Å²) in [6.07, 6.45) is 7.68. The van der Waals surface area contributed by atoms with E-state index in [-0.39, 0.29) is 0 Å². The van der Waals surface area contributed by atoms with Crippen LogP contribution in [0.3, 0.4) is 0 Å². The van der Waals surface area contributed by atoms with Crippen LogP contribution in [0.2, 0.25) is 0 Å². The van der Waals surface area contributed by atoms with Crippen molar-refractivity contribution in [3.8, 4) is 11.1 Å². The average Bonchev–Trinajstić information content (AvgIpc) is 2.85. The zero-order chi connectivity index (χ0) is 24.4. The van der Waals surface area contributed by atoms with Crippen molar-refractivity contribution in [3.05, 3.63) is 59.7 Å². The third-order valence-corrected chi connectivity index (χ3v) is 6.36. The molecule has 0 aliphatic heterocycles. The zero-order valence-corrected chi connectivity index (χ0v) is 22.2. The van der Waals surface area contributed by atoms with Crippen molar-refractivity contribution in [2.24, 2.45) is 0 Å². The van der Waals surface area contributed by atoms with Crippen LogP contribution in [0.15, 0.2) is 48.5 Å². The number of hydrogen-bond acceptors (Lipinski definition) is 4. The summed E-state index contributed by atoms with van der Waals surface area (Å²) in [5.74, 6) is 0. The van der Waals surface area contributed by atoms with Crippen LogP contribution in [0, 0.1) is 0 Å². The van der Waals surface area contributed by atoms with Gasteiger partial charge in [0.2, 0.25) is 0 Å². The molecule has 0 fully saturated rings. The van der Waals surface area contributed by atoms with Crippen LogP contribution in [-0.2, 0) is 22.7 Å². The molecule has 0 aromatic heterocycles. The quantitative estimate of drug-likeness (QED) is 0.216. The molecule has 0 aliphatic rings. The molecule has 34 heavy (non-hydrogen) atoms. The minimum atomic E-state index is 0.636. The number of benzene rings is 2. The molecule has 0 amide bonds. The lowest BCUT2D eigenvalue weighted by Gasteiger charge is -2.18. The maximum atomic E-state index is 6.09. The molecule has 4 heteroatoms. The van der Waals surface area contributed by atoms with E-state index in [0.29, 0.717) is 13.2 Å². The fraction of sp³-hybridized carbons (Fsp3) is 0.600. The monoisotopic (exact) mass is 468 g/mol. The van der Waals surface area contributed by atoms with Crippen LogP contribution < -0.4 is 0 Å². The third-order valence-electron chi connectivity index (χ3n) is 6.36. The van der Waals surface area contributed by atoms with E-state index in [0.717, 1.165) is 39.4 Å². The molecule has 0 atom stereocenters. The van der Waals surface area contributed by atoms with E-state index in [1.54, 1.807) is 0 Å². The van der Waals surface area contributed by atoms with Crippen molar-refractivity contribution >= 4 is 0 Å². The van der Waals surface area contributed by atoms with Crippen molar-refractivity contribution in [3.63, 3.8) is 0 Å². The summed E-state index contributed by atoms with van der Waals surface area (Å²) < 4.78 is 12.2. The van der Waals surface area contributed by atoms with E-state index >= 15 is 0 Å². The molecule has 0 bridgehead atoms. The van der Waals surface area contributed by atoms with Gasteiger partial charge in [-0.05, 0) is 62.3 Å². The molecular weight excluding hydrogens is 420 g/mol.